The molecule has 0 fully saturated rings. The van der Waals surface area contributed by atoms with Gasteiger partial charge in [-0.1, -0.05) is 0 Å². The van der Waals surface area contributed by atoms with Gasteiger partial charge in [0, 0.05) is 0 Å². The standard InChI is InChI=1S/C4BN4.H3N/c6-1-5(2-7,3-8)4-9;/h;1H3/q-1;/p+1. The minimum Gasteiger partial charge on any atom is -0.369 e. The van der Waals surface area contributed by atoms with Crippen LogP contribution in [0.3, 0.4) is 0 Å². The van der Waals surface area contributed by atoms with Crippen LogP contribution < -0.4 is 6.15 Å². The Balaban J connectivity index is 0. The molecule has 0 bridgehead atoms. The SMILES string of the molecule is N#C[B-](C#N)(C#N)C#N.[NH4+]. The lowest BCUT2D eigenvalue weighted by atomic mass is 9.30. The van der Waals surface area contributed by atoms with E-state index < -0.39 is 6.15 Å². The minimum absolute atomic E-state index is 0. The normalized spacial score (nSPS) is 6.80. The first-order valence-electron chi connectivity index (χ1n) is 2.05. The fourth-order valence-electron chi connectivity index (χ4n) is 0.173. The van der Waals surface area contributed by atoms with Gasteiger partial charge in [0.1, 0.15) is 0 Å². The average molecular weight is 133 g/mol. The van der Waals surface area contributed by atoms with Crippen molar-refractivity contribution in [2.24, 2.45) is 0 Å². The molecule has 4 N–H and O–H groups in total. The first-order valence-corrected chi connectivity index (χ1v) is 2.05. The van der Waals surface area contributed by atoms with Gasteiger partial charge < -0.3 is 6.15 Å². The molecule has 0 amide bonds. The Hall–Kier alpha value is -2.02. The molecule has 6 heteroatoms. The molecule has 0 unspecified atom stereocenters. The van der Waals surface area contributed by atoms with Crippen molar-refractivity contribution in [3.63, 3.8) is 0 Å². The third-order valence-electron chi connectivity index (χ3n) is 0.775. The second-order valence-corrected chi connectivity index (χ2v) is 1.38. The molecule has 0 rings (SSSR count). The molecule has 0 radical (unpaired) electrons. The second kappa shape index (κ2) is 3.92. The highest BCUT2D eigenvalue weighted by Gasteiger charge is 2.22. The summed E-state index contributed by atoms with van der Waals surface area (Å²) in [7, 11) is 0. The van der Waals surface area contributed by atoms with Gasteiger partial charge in [-0.05, 0) is 0 Å². The Kier molecular flexibility index (Phi) is 4.27. The van der Waals surface area contributed by atoms with Crippen LogP contribution in [0.4, 0.5) is 0 Å². The second-order valence-electron chi connectivity index (χ2n) is 1.38. The van der Waals surface area contributed by atoms with E-state index in [1.165, 1.54) is 23.9 Å². The molecule has 0 atom stereocenters. The summed E-state index contributed by atoms with van der Waals surface area (Å²) in [6.45, 7) is 0. The Morgan fingerprint density at radius 1 is 0.700 bits per heavy atom. The Morgan fingerprint density at radius 3 is 0.900 bits per heavy atom. The van der Waals surface area contributed by atoms with Crippen LogP contribution in [0.15, 0.2) is 0 Å². The Morgan fingerprint density at radius 2 is 0.900 bits per heavy atom. The third-order valence-corrected chi connectivity index (χ3v) is 0.775. The lowest BCUT2D eigenvalue weighted by molar-refractivity contribution is 1.50. The van der Waals surface area contributed by atoms with Crippen molar-refractivity contribution in [1.29, 1.82) is 21.0 Å². The van der Waals surface area contributed by atoms with Crippen LogP contribution in [0.25, 0.3) is 0 Å². The molecule has 0 aromatic rings. The van der Waals surface area contributed by atoms with Gasteiger partial charge in [0.05, 0.1) is 0 Å². The van der Waals surface area contributed by atoms with Gasteiger partial charge in [0.15, 0.2) is 0 Å². The van der Waals surface area contributed by atoms with Crippen LogP contribution in [-0.4, -0.2) is 6.15 Å². The predicted octanol–water partition coefficient (Wildman–Crippen LogP) is 0.0625. The number of hydrogen-bond donors (Lipinski definition) is 1. The van der Waals surface area contributed by atoms with Crippen LogP contribution in [0, 0.1) is 44.9 Å². The van der Waals surface area contributed by atoms with Gasteiger partial charge >= 0.3 is 6.15 Å². The zero-order valence-corrected chi connectivity index (χ0v) is 5.37. The molecule has 0 spiro atoms. The van der Waals surface area contributed by atoms with Gasteiger partial charge in [-0.2, -0.15) is 0 Å². The van der Waals surface area contributed by atoms with E-state index in [9.17, 15) is 0 Å². The zero-order chi connectivity index (χ0) is 7.33. The summed E-state index contributed by atoms with van der Waals surface area (Å²) >= 11 is 0. The maximum absolute atomic E-state index is 8.09. The van der Waals surface area contributed by atoms with Crippen LogP contribution >= 0.6 is 0 Å². The van der Waals surface area contributed by atoms with Gasteiger partial charge in [0.2, 0.25) is 0 Å². The molecule has 0 saturated heterocycles. The number of quaternary nitrogens is 1. The van der Waals surface area contributed by atoms with E-state index in [1.807, 2.05) is 0 Å². The number of nitriles is 4. The van der Waals surface area contributed by atoms with Gasteiger partial charge in [-0.15, -0.1) is 23.9 Å². The van der Waals surface area contributed by atoms with Gasteiger partial charge in [-0.3, -0.25) is 0 Å². The Bertz CT molecular complexity index is 206. The molecule has 5 nitrogen and oxygen atoms in total. The lowest BCUT2D eigenvalue weighted by Gasteiger charge is -1.98. The summed E-state index contributed by atoms with van der Waals surface area (Å²) in [6.07, 6.45) is -2.72. The van der Waals surface area contributed by atoms with E-state index in [0.717, 1.165) is 0 Å². The molecule has 0 aliphatic carbocycles. The maximum atomic E-state index is 8.09. The fourth-order valence-corrected chi connectivity index (χ4v) is 0.173. The van der Waals surface area contributed by atoms with E-state index in [2.05, 4.69) is 0 Å². The van der Waals surface area contributed by atoms with Crippen LogP contribution in [0.5, 0.6) is 0 Å². The summed E-state index contributed by atoms with van der Waals surface area (Å²) < 4.78 is 0. The molecular formula is C4H4BN5. The quantitative estimate of drug-likeness (QED) is 0.467. The molecule has 0 saturated carbocycles. The number of hydrogen-bond acceptors (Lipinski definition) is 4. The average Bonchev–Trinajstić information content (AvgIpc) is 1.95. The molecule has 10 heavy (non-hydrogen) atoms. The monoisotopic (exact) mass is 133 g/mol. The van der Waals surface area contributed by atoms with Crippen LogP contribution in [-0.2, 0) is 0 Å². The minimum atomic E-state index is -2.72. The van der Waals surface area contributed by atoms with E-state index >= 15 is 0 Å². The Labute approximate surface area is 58.2 Å². The van der Waals surface area contributed by atoms with Crippen molar-refractivity contribution in [3.8, 4) is 23.9 Å². The van der Waals surface area contributed by atoms with Crippen molar-refractivity contribution in [3.05, 3.63) is 0 Å². The summed E-state index contributed by atoms with van der Waals surface area (Å²) in [5.41, 5.74) is 0. The van der Waals surface area contributed by atoms with E-state index in [0.29, 0.717) is 0 Å². The topological polar surface area (TPSA) is 132 Å². The first kappa shape index (κ1) is 10.9. The van der Waals surface area contributed by atoms with Crippen molar-refractivity contribution >= 4 is 6.15 Å². The maximum Gasteiger partial charge on any atom is 0.383 e. The van der Waals surface area contributed by atoms with Crippen LogP contribution in [0.2, 0.25) is 0 Å². The van der Waals surface area contributed by atoms with Crippen molar-refractivity contribution in [2.45, 2.75) is 0 Å². The highest BCUT2D eigenvalue weighted by Crippen LogP contribution is 1.92. The first-order chi connectivity index (χ1) is 4.24. The van der Waals surface area contributed by atoms with Crippen molar-refractivity contribution in [2.75, 3.05) is 0 Å². The molecule has 0 heterocycles. The van der Waals surface area contributed by atoms with Gasteiger partial charge in [0.25, 0.3) is 0 Å². The zero-order valence-electron chi connectivity index (χ0n) is 5.37. The third kappa shape index (κ3) is 1.49. The fraction of sp³-hybridized carbons (Fsp3) is 0. The largest absolute Gasteiger partial charge is 0.383 e. The highest BCUT2D eigenvalue weighted by molar-refractivity contribution is 7.05. The molecule has 0 aromatic heterocycles. The van der Waals surface area contributed by atoms with E-state index in [4.69, 9.17) is 21.0 Å². The molecular weight excluding hydrogens is 129 g/mol. The highest BCUT2D eigenvalue weighted by atomic mass is 14.3. The molecule has 0 aliphatic heterocycles. The lowest BCUT2D eigenvalue weighted by Crippen LogP contribution is -2.26. The summed E-state index contributed by atoms with van der Waals surface area (Å²) in [4.78, 5) is 0. The van der Waals surface area contributed by atoms with Crippen molar-refractivity contribution < 1.29 is 0 Å². The number of rotatable bonds is 0. The van der Waals surface area contributed by atoms with E-state index in [-0.39, 0.29) is 6.15 Å². The summed E-state index contributed by atoms with van der Waals surface area (Å²) in [5, 5.41) is 32.3. The molecule has 0 aliphatic rings. The molecule has 0 aromatic carbocycles. The van der Waals surface area contributed by atoms with E-state index in [1.54, 1.807) is 0 Å². The predicted molar refractivity (Wildman–Crippen MR) is 34.2 cm³/mol. The number of nitrogens with zero attached hydrogens (tertiary/aromatic N) is 4. The van der Waals surface area contributed by atoms with Crippen LogP contribution in [0.1, 0.15) is 0 Å². The molecule has 48 valence electrons. The van der Waals surface area contributed by atoms with Gasteiger partial charge in [-0.25, -0.2) is 21.0 Å². The van der Waals surface area contributed by atoms with Crippen molar-refractivity contribution in [1.82, 2.24) is 6.15 Å². The smallest absolute Gasteiger partial charge is 0.369 e. The summed E-state index contributed by atoms with van der Waals surface area (Å²) in [6, 6.07) is 0. The summed E-state index contributed by atoms with van der Waals surface area (Å²) in [5.74, 6) is 5.38.